The lowest BCUT2D eigenvalue weighted by atomic mass is 9.99. The van der Waals surface area contributed by atoms with Gasteiger partial charge in [-0.2, -0.15) is 0 Å². The number of fused-ring (bicyclic) bond motifs is 1. The van der Waals surface area contributed by atoms with E-state index < -0.39 is 0 Å². The summed E-state index contributed by atoms with van der Waals surface area (Å²) in [7, 11) is 0. The maximum Gasteiger partial charge on any atom is 0.227 e. The molecule has 4 nitrogen and oxygen atoms in total. The van der Waals surface area contributed by atoms with E-state index in [9.17, 15) is 4.39 Å². The Hall–Kier alpha value is -1.72. The van der Waals surface area contributed by atoms with Crippen LogP contribution in [0.3, 0.4) is 0 Å². The lowest BCUT2D eigenvalue weighted by Crippen LogP contribution is -2.31. The molecule has 1 aliphatic heterocycles. The van der Waals surface area contributed by atoms with E-state index in [0.717, 1.165) is 18.8 Å². The zero-order chi connectivity index (χ0) is 18.7. The largest absolute Gasteiger partial charge is 0.324 e. The summed E-state index contributed by atoms with van der Waals surface area (Å²) < 4.78 is 13.5. The Morgan fingerprint density at radius 2 is 2.08 bits per heavy atom. The number of nitrogens with zero attached hydrogens (tertiary/aromatic N) is 3. The van der Waals surface area contributed by atoms with Crippen LogP contribution in [-0.4, -0.2) is 20.9 Å². The highest BCUT2D eigenvalue weighted by molar-refractivity contribution is 6.30. The molecule has 0 aliphatic carbocycles. The molecular weight excluding hydrogens is 351 g/mol. The van der Waals surface area contributed by atoms with Crippen LogP contribution < -0.4 is 5.32 Å². The molecule has 0 spiro atoms. The molecule has 0 fully saturated rings. The van der Waals surface area contributed by atoms with Gasteiger partial charge < -0.3 is 5.32 Å². The Balaban J connectivity index is 1.73. The summed E-state index contributed by atoms with van der Waals surface area (Å²) in [5.41, 5.74) is 2.78. The number of rotatable bonds is 7. The molecule has 1 aromatic heterocycles. The maximum absolute atomic E-state index is 13.5. The SMILES string of the molecule is CCC[C@@H](CC(C)C)N1Cc2cnc(Nc3cc(F)cc(Cl)c3)nc2C1. The molecule has 2 aromatic rings. The van der Waals surface area contributed by atoms with E-state index in [1.807, 2.05) is 6.20 Å². The zero-order valence-corrected chi connectivity index (χ0v) is 16.4. The first kappa shape index (κ1) is 19.1. The van der Waals surface area contributed by atoms with Gasteiger partial charge in [-0.05, 0) is 37.0 Å². The molecule has 2 heterocycles. The third kappa shape index (κ3) is 4.71. The van der Waals surface area contributed by atoms with E-state index in [2.05, 4.69) is 41.0 Å². The van der Waals surface area contributed by atoms with Gasteiger partial charge in [-0.3, -0.25) is 4.90 Å². The Morgan fingerprint density at radius 1 is 1.27 bits per heavy atom. The van der Waals surface area contributed by atoms with Crippen LogP contribution in [0.15, 0.2) is 24.4 Å². The fraction of sp³-hybridized carbons (Fsp3) is 0.500. The smallest absolute Gasteiger partial charge is 0.227 e. The second kappa shape index (κ2) is 8.31. The molecule has 0 saturated heterocycles. The second-order valence-corrected chi connectivity index (χ2v) is 7.86. The summed E-state index contributed by atoms with van der Waals surface area (Å²) in [5.74, 6) is 0.767. The lowest BCUT2D eigenvalue weighted by molar-refractivity contribution is 0.163. The molecule has 1 aliphatic rings. The monoisotopic (exact) mass is 376 g/mol. The predicted molar refractivity (Wildman–Crippen MR) is 104 cm³/mol. The quantitative estimate of drug-likeness (QED) is 0.688. The van der Waals surface area contributed by atoms with Crippen molar-refractivity contribution < 1.29 is 4.39 Å². The van der Waals surface area contributed by atoms with Crippen molar-refractivity contribution in [2.24, 2.45) is 5.92 Å². The van der Waals surface area contributed by atoms with Crippen molar-refractivity contribution >= 4 is 23.2 Å². The fourth-order valence-electron chi connectivity index (χ4n) is 3.58. The standard InChI is InChI=1S/C20H26ClFN4/c1-4-5-18(6-13(2)3)26-11-14-10-23-20(25-19(14)12-26)24-17-8-15(21)7-16(22)9-17/h7-10,13,18H,4-6,11-12H2,1-3H3,(H,23,24,25)/t18-/m0/s1. The van der Waals surface area contributed by atoms with E-state index in [0.29, 0.717) is 28.6 Å². The number of hydrogen-bond donors (Lipinski definition) is 1. The molecule has 1 N–H and O–H groups in total. The van der Waals surface area contributed by atoms with Crippen molar-refractivity contribution in [3.05, 3.63) is 46.5 Å². The molecule has 140 valence electrons. The van der Waals surface area contributed by atoms with E-state index in [4.69, 9.17) is 11.6 Å². The molecule has 6 heteroatoms. The predicted octanol–water partition coefficient (Wildman–Crippen LogP) is 5.54. The van der Waals surface area contributed by atoms with Gasteiger partial charge in [-0.1, -0.05) is 38.8 Å². The van der Waals surface area contributed by atoms with Crippen molar-refractivity contribution in [1.29, 1.82) is 0 Å². The van der Waals surface area contributed by atoms with Crippen LogP contribution in [0.5, 0.6) is 0 Å². The summed E-state index contributed by atoms with van der Waals surface area (Å²) in [6.45, 7) is 8.53. The Bertz CT molecular complexity index is 745. The van der Waals surface area contributed by atoms with Crippen LogP contribution in [0.2, 0.25) is 5.02 Å². The molecule has 0 amide bonds. The molecule has 0 bridgehead atoms. The van der Waals surface area contributed by atoms with Crippen LogP contribution in [-0.2, 0) is 13.1 Å². The number of aromatic nitrogens is 2. The minimum Gasteiger partial charge on any atom is -0.324 e. The van der Waals surface area contributed by atoms with Gasteiger partial charge in [0.1, 0.15) is 5.82 Å². The van der Waals surface area contributed by atoms with Crippen molar-refractivity contribution in [2.45, 2.75) is 59.2 Å². The van der Waals surface area contributed by atoms with Crippen LogP contribution in [0.25, 0.3) is 0 Å². The van der Waals surface area contributed by atoms with Gasteiger partial charge in [-0.25, -0.2) is 14.4 Å². The Labute approximate surface area is 159 Å². The van der Waals surface area contributed by atoms with Gasteiger partial charge in [0.15, 0.2) is 0 Å². The number of halogens is 2. The van der Waals surface area contributed by atoms with Crippen LogP contribution in [0, 0.1) is 11.7 Å². The molecule has 26 heavy (non-hydrogen) atoms. The fourth-order valence-corrected chi connectivity index (χ4v) is 3.80. The number of nitrogens with one attached hydrogen (secondary N) is 1. The average molecular weight is 377 g/mol. The molecule has 1 atom stereocenters. The van der Waals surface area contributed by atoms with Crippen molar-refractivity contribution in [1.82, 2.24) is 14.9 Å². The first-order valence-corrected chi connectivity index (χ1v) is 9.64. The van der Waals surface area contributed by atoms with E-state index in [-0.39, 0.29) is 5.82 Å². The topological polar surface area (TPSA) is 41.1 Å². The number of hydrogen-bond acceptors (Lipinski definition) is 4. The summed E-state index contributed by atoms with van der Waals surface area (Å²) in [6, 6.07) is 4.89. The maximum atomic E-state index is 13.5. The van der Waals surface area contributed by atoms with Crippen molar-refractivity contribution in [3.8, 4) is 0 Å². The normalized spacial score (nSPS) is 15.3. The molecule has 1 aromatic carbocycles. The van der Waals surface area contributed by atoms with Crippen LogP contribution in [0.1, 0.15) is 51.3 Å². The minimum atomic E-state index is -0.386. The van der Waals surface area contributed by atoms with E-state index in [1.54, 1.807) is 6.07 Å². The lowest BCUT2D eigenvalue weighted by Gasteiger charge is -2.28. The Morgan fingerprint density at radius 3 is 2.77 bits per heavy atom. The number of benzene rings is 1. The molecule has 0 unspecified atom stereocenters. The summed E-state index contributed by atoms with van der Waals surface area (Å²) in [6.07, 6.45) is 5.46. The first-order valence-electron chi connectivity index (χ1n) is 9.26. The summed E-state index contributed by atoms with van der Waals surface area (Å²) in [4.78, 5) is 11.5. The van der Waals surface area contributed by atoms with Gasteiger partial charge in [0, 0.05) is 41.6 Å². The van der Waals surface area contributed by atoms with Gasteiger partial charge in [0.25, 0.3) is 0 Å². The molecule has 0 saturated carbocycles. The van der Waals surface area contributed by atoms with Crippen LogP contribution in [0.4, 0.5) is 16.0 Å². The minimum absolute atomic E-state index is 0.343. The van der Waals surface area contributed by atoms with Crippen molar-refractivity contribution in [3.63, 3.8) is 0 Å². The average Bonchev–Trinajstić information content (AvgIpc) is 2.96. The highest BCUT2D eigenvalue weighted by Crippen LogP contribution is 2.28. The van der Waals surface area contributed by atoms with E-state index >= 15 is 0 Å². The van der Waals surface area contributed by atoms with Gasteiger partial charge in [0.05, 0.1) is 5.69 Å². The molecule has 0 radical (unpaired) electrons. The summed E-state index contributed by atoms with van der Waals surface area (Å²) in [5, 5.41) is 3.39. The molecule has 3 rings (SSSR count). The van der Waals surface area contributed by atoms with Gasteiger partial charge in [-0.15, -0.1) is 0 Å². The summed E-state index contributed by atoms with van der Waals surface area (Å²) >= 11 is 5.91. The highest BCUT2D eigenvalue weighted by Gasteiger charge is 2.27. The zero-order valence-electron chi connectivity index (χ0n) is 15.6. The third-order valence-electron chi connectivity index (χ3n) is 4.68. The first-order chi connectivity index (χ1) is 12.4. The van der Waals surface area contributed by atoms with E-state index in [1.165, 1.54) is 37.0 Å². The van der Waals surface area contributed by atoms with Crippen LogP contribution >= 0.6 is 11.6 Å². The second-order valence-electron chi connectivity index (χ2n) is 7.43. The Kier molecular flexibility index (Phi) is 6.09. The third-order valence-corrected chi connectivity index (χ3v) is 4.90. The number of anilines is 2. The highest BCUT2D eigenvalue weighted by atomic mass is 35.5. The molecular formula is C20H26ClFN4. The van der Waals surface area contributed by atoms with Crippen molar-refractivity contribution in [2.75, 3.05) is 5.32 Å². The van der Waals surface area contributed by atoms with Gasteiger partial charge >= 0.3 is 0 Å². The van der Waals surface area contributed by atoms with Gasteiger partial charge in [0.2, 0.25) is 5.95 Å².